The van der Waals surface area contributed by atoms with Crippen LogP contribution >= 0.6 is 0 Å². The van der Waals surface area contributed by atoms with Crippen molar-refractivity contribution in [1.29, 1.82) is 0 Å². The molecule has 0 radical (unpaired) electrons. The third-order valence-corrected chi connectivity index (χ3v) is 8.22. The first-order valence-corrected chi connectivity index (χ1v) is 14.7. The zero-order valence-corrected chi connectivity index (χ0v) is 24.6. The van der Waals surface area contributed by atoms with Gasteiger partial charge in [-0.15, -0.1) is 0 Å². The first-order chi connectivity index (χ1) is 20.7. The quantitative estimate of drug-likeness (QED) is 0.216. The van der Waals surface area contributed by atoms with E-state index in [0.29, 0.717) is 43.1 Å². The summed E-state index contributed by atoms with van der Waals surface area (Å²) in [7, 11) is 0. The van der Waals surface area contributed by atoms with Crippen LogP contribution in [-0.2, 0) is 17.9 Å². The van der Waals surface area contributed by atoms with E-state index in [-0.39, 0.29) is 24.6 Å². The highest BCUT2D eigenvalue weighted by Crippen LogP contribution is 2.43. The number of likely N-dealkylation sites (tertiary alicyclic amines) is 1. The molecular formula is C34H35FN4O4. The Balaban J connectivity index is 1.27. The summed E-state index contributed by atoms with van der Waals surface area (Å²) < 4.78 is 25.8. The van der Waals surface area contributed by atoms with Crippen LogP contribution < -0.4 is 9.64 Å². The van der Waals surface area contributed by atoms with Crippen LogP contribution in [0.2, 0.25) is 0 Å². The maximum absolute atomic E-state index is 14.4. The number of urea groups is 1. The van der Waals surface area contributed by atoms with E-state index in [4.69, 9.17) is 9.26 Å². The van der Waals surface area contributed by atoms with Crippen LogP contribution in [0, 0.1) is 5.82 Å². The molecule has 1 aromatic heterocycles. The molecule has 0 aliphatic carbocycles. The highest BCUT2D eigenvalue weighted by molar-refractivity contribution is 6.17. The summed E-state index contributed by atoms with van der Waals surface area (Å²) in [6.07, 6.45) is 0.889. The Kier molecular flexibility index (Phi) is 7.75. The smallest absolute Gasteiger partial charge is 0.332 e. The normalized spacial score (nSPS) is 20.9. The summed E-state index contributed by atoms with van der Waals surface area (Å²) in [6.45, 7) is 7.29. The van der Waals surface area contributed by atoms with Gasteiger partial charge in [0.15, 0.2) is 5.76 Å². The zero-order chi connectivity index (χ0) is 30.1. The van der Waals surface area contributed by atoms with Crippen LogP contribution in [0.5, 0.6) is 5.75 Å². The molecule has 2 fully saturated rings. The highest BCUT2D eigenvalue weighted by Gasteiger charge is 2.60. The second-order valence-electron chi connectivity index (χ2n) is 11.7. The van der Waals surface area contributed by atoms with Crippen molar-refractivity contribution in [3.8, 4) is 17.1 Å². The zero-order valence-electron chi connectivity index (χ0n) is 24.6. The minimum absolute atomic E-state index is 0.0343. The van der Waals surface area contributed by atoms with E-state index >= 15 is 0 Å². The van der Waals surface area contributed by atoms with Gasteiger partial charge in [0.2, 0.25) is 0 Å². The predicted octanol–water partition coefficient (Wildman–Crippen LogP) is 6.66. The van der Waals surface area contributed by atoms with Gasteiger partial charge in [-0.25, -0.2) is 9.18 Å². The largest absolute Gasteiger partial charge is 0.491 e. The summed E-state index contributed by atoms with van der Waals surface area (Å²) in [5.41, 5.74) is 1.64. The lowest BCUT2D eigenvalue weighted by atomic mass is 9.81. The van der Waals surface area contributed by atoms with Crippen LogP contribution in [0.25, 0.3) is 11.3 Å². The maximum atomic E-state index is 14.4. The van der Waals surface area contributed by atoms with Crippen LogP contribution in [-0.4, -0.2) is 51.1 Å². The molecule has 43 heavy (non-hydrogen) atoms. The average Bonchev–Trinajstić information content (AvgIpc) is 3.53. The molecule has 222 valence electrons. The molecule has 9 heteroatoms. The number of imide groups is 1. The van der Waals surface area contributed by atoms with Gasteiger partial charge >= 0.3 is 6.03 Å². The van der Waals surface area contributed by atoms with Gasteiger partial charge in [-0.1, -0.05) is 53.7 Å². The number of hydrogen-bond acceptors (Lipinski definition) is 6. The summed E-state index contributed by atoms with van der Waals surface area (Å²) in [6, 6.07) is 24.7. The molecule has 3 aromatic carbocycles. The lowest BCUT2D eigenvalue weighted by molar-refractivity contribution is -0.133. The SMILES string of the molecule is CC(C)Oc1cccc(CN2CC[C@@]3(C[C@@H]2C)C(=O)N(Cc2cc(-c4ccccc4)on2)C(=O)N3c2cccc(F)c2)c1. The number of ether oxygens (including phenoxy) is 1. The molecule has 0 N–H and O–H groups in total. The number of aromatic nitrogens is 1. The molecule has 0 unspecified atom stereocenters. The molecule has 2 atom stereocenters. The van der Waals surface area contributed by atoms with Crippen molar-refractivity contribution in [2.24, 2.45) is 0 Å². The minimum Gasteiger partial charge on any atom is -0.491 e. The van der Waals surface area contributed by atoms with Crippen LogP contribution in [0.3, 0.4) is 0 Å². The third kappa shape index (κ3) is 5.64. The van der Waals surface area contributed by atoms with Crippen molar-refractivity contribution in [3.63, 3.8) is 0 Å². The van der Waals surface area contributed by atoms with Gasteiger partial charge in [-0.05, 0) is 69.5 Å². The molecule has 8 nitrogen and oxygen atoms in total. The Morgan fingerprint density at radius 1 is 1.00 bits per heavy atom. The topological polar surface area (TPSA) is 79.1 Å². The van der Waals surface area contributed by atoms with Gasteiger partial charge < -0.3 is 9.26 Å². The standard InChI is InChI=1S/C34H35FN4O4/c1-23(2)42-30-14-7-9-25(17-30)21-37-16-15-34(20-24(37)3)32(40)38(33(41)39(34)29-13-8-12-27(35)18-29)22-28-19-31(43-36-28)26-10-5-4-6-11-26/h4-14,17-19,23-24H,15-16,20-22H2,1-3H3/t24-,34+/m0/s1. The van der Waals surface area contributed by atoms with Gasteiger partial charge in [0.25, 0.3) is 5.91 Å². The Morgan fingerprint density at radius 3 is 2.53 bits per heavy atom. The van der Waals surface area contributed by atoms with E-state index in [1.165, 1.54) is 21.9 Å². The van der Waals surface area contributed by atoms with Crippen molar-refractivity contribution in [2.45, 2.75) is 64.4 Å². The number of carbonyl (C=O) groups is 2. The molecular weight excluding hydrogens is 547 g/mol. The van der Waals surface area contributed by atoms with Crippen LogP contribution in [0.15, 0.2) is 89.5 Å². The molecule has 0 bridgehead atoms. The minimum atomic E-state index is -1.14. The molecule has 3 heterocycles. The number of hydrogen-bond donors (Lipinski definition) is 0. The molecule has 2 aliphatic heterocycles. The fourth-order valence-electron chi connectivity index (χ4n) is 6.26. The van der Waals surface area contributed by atoms with E-state index in [1.807, 2.05) is 62.4 Å². The number of amides is 3. The molecule has 1 spiro atoms. The second kappa shape index (κ2) is 11.6. The second-order valence-corrected chi connectivity index (χ2v) is 11.7. The number of nitrogens with zero attached hydrogens (tertiary/aromatic N) is 4. The van der Waals surface area contributed by atoms with Crippen LogP contribution in [0.4, 0.5) is 14.9 Å². The van der Waals surface area contributed by atoms with E-state index < -0.39 is 17.4 Å². The Morgan fingerprint density at radius 2 is 1.79 bits per heavy atom. The first-order valence-electron chi connectivity index (χ1n) is 14.7. The van der Waals surface area contributed by atoms with Gasteiger partial charge in [-0.2, -0.15) is 0 Å². The molecule has 4 aromatic rings. The monoisotopic (exact) mass is 582 g/mol. The Hall–Kier alpha value is -4.50. The number of anilines is 1. The third-order valence-electron chi connectivity index (χ3n) is 8.22. The molecule has 0 saturated carbocycles. The first kappa shape index (κ1) is 28.6. The lowest BCUT2D eigenvalue weighted by Gasteiger charge is -2.45. The number of rotatable bonds is 8. The summed E-state index contributed by atoms with van der Waals surface area (Å²) in [5, 5.41) is 4.15. The van der Waals surface area contributed by atoms with Crippen molar-refractivity contribution >= 4 is 17.6 Å². The van der Waals surface area contributed by atoms with Gasteiger partial charge in [0.05, 0.1) is 12.6 Å². The fraction of sp³-hybridized carbons (Fsp3) is 0.324. The predicted molar refractivity (Wildman–Crippen MR) is 161 cm³/mol. The lowest BCUT2D eigenvalue weighted by Crippen LogP contribution is -2.59. The summed E-state index contributed by atoms with van der Waals surface area (Å²) >= 11 is 0. The highest BCUT2D eigenvalue weighted by atomic mass is 19.1. The summed E-state index contributed by atoms with van der Waals surface area (Å²) in [4.78, 5) is 33.3. The van der Waals surface area contributed by atoms with Crippen molar-refractivity contribution in [1.82, 2.24) is 15.0 Å². The summed E-state index contributed by atoms with van der Waals surface area (Å²) in [5.74, 6) is 0.603. The van der Waals surface area contributed by atoms with Crippen molar-refractivity contribution < 1.29 is 23.2 Å². The van der Waals surface area contributed by atoms with Gasteiger partial charge in [0.1, 0.15) is 22.8 Å². The average molecular weight is 583 g/mol. The van der Waals surface area contributed by atoms with Gasteiger partial charge in [0, 0.05) is 36.4 Å². The maximum Gasteiger partial charge on any atom is 0.332 e. The molecule has 2 saturated heterocycles. The molecule has 6 rings (SSSR count). The van der Waals surface area contributed by atoms with Crippen LogP contribution in [0.1, 0.15) is 44.9 Å². The number of benzene rings is 3. The van der Waals surface area contributed by atoms with Gasteiger partial charge in [-0.3, -0.25) is 19.5 Å². The number of carbonyl (C=O) groups excluding carboxylic acids is 2. The van der Waals surface area contributed by atoms with Crippen molar-refractivity contribution in [2.75, 3.05) is 11.4 Å². The Bertz CT molecular complexity index is 1620. The molecule has 3 amide bonds. The number of halogens is 1. The number of piperidine rings is 1. The Labute approximate surface area is 250 Å². The van der Waals surface area contributed by atoms with Crippen molar-refractivity contribution in [3.05, 3.63) is 102 Å². The van der Waals surface area contributed by atoms with E-state index in [0.717, 1.165) is 16.9 Å². The fourth-order valence-corrected chi connectivity index (χ4v) is 6.26. The van der Waals surface area contributed by atoms with E-state index in [9.17, 15) is 14.0 Å². The van der Waals surface area contributed by atoms with E-state index in [1.54, 1.807) is 18.2 Å². The van der Waals surface area contributed by atoms with E-state index in [2.05, 4.69) is 23.0 Å². The molecule has 2 aliphatic rings.